The van der Waals surface area contributed by atoms with Crippen LogP contribution < -0.4 is 4.74 Å². The van der Waals surface area contributed by atoms with Gasteiger partial charge in [0.25, 0.3) is 11.8 Å². The van der Waals surface area contributed by atoms with Crippen LogP contribution in [0.3, 0.4) is 0 Å². The van der Waals surface area contributed by atoms with Crippen LogP contribution in [0.2, 0.25) is 0 Å². The molecule has 2 amide bonds. The number of phenolic OH excluding ortho intramolecular Hbond substituents is 2. The lowest BCUT2D eigenvalue weighted by molar-refractivity contribution is 0.0748. The van der Waals surface area contributed by atoms with Crippen molar-refractivity contribution in [1.82, 2.24) is 14.7 Å². The number of likely N-dealkylation sites (tertiary alicyclic amines) is 1. The SMILES string of the molecule is Cc1ccc(CN(C)C(=O)c2cc(C(=O)N3Cc4ccc(OCCCN5CCCC5)cc4C3)c(O)cc2O)s1. The number of amides is 2. The number of benzene rings is 2. The predicted octanol–water partition coefficient (Wildman–Crippen LogP) is 4.76. The smallest absolute Gasteiger partial charge is 0.258 e. The molecule has 39 heavy (non-hydrogen) atoms. The number of phenols is 2. The summed E-state index contributed by atoms with van der Waals surface area (Å²) in [5.74, 6) is -0.761. The fourth-order valence-corrected chi connectivity index (χ4v) is 6.20. The summed E-state index contributed by atoms with van der Waals surface area (Å²) >= 11 is 1.60. The molecule has 1 aromatic heterocycles. The van der Waals surface area contributed by atoms with Crippen molar-refractivity contribution in [2.75, 3.05) is 33.3 Å². The monoisotopic (exact) mass is 549 g/mol. The molecular formula is C30H35N3O5S. The molecule has 0 spiro atoms. The Morgan fingerprint density at radius 3 is 2.46 bits per heavy atom. The van der Waals surface area contributed by atoms with Gasteiger partial charge in [-0.25, -0.2) is 0 Å². The van der Waals surface area contributed by atoms with Gasteiger partial charge < -0.3 is 29.6 Å². The number of aromatic hydroxyl groups is 2. The first-order chi connectivity index (χ1) is 18.8. The normalized spacial score (nSPS) is 15.0. The van der Waals surface area contributed by atoms with Gasteiger partial charge in [0.05, 0.1) is 24.3 Å². The largest absolute Gasteiger partial charge is 0.507 e. The summed E-state index contributed by atoms with van der Waals surface area (Å²) in [5, 5.41) is 20.9. The molecule has 0 aliphatic carbocycles. The lowest BCUT2D eigenvalue weighted by atomic mass is 10.1. The van der Waals surface area contributed by atoms with Crippen molar-refractivity contribution in [1.29, 1.82) is 0 Å². The molecule has 8 nitrogen and oxygen atoms in total. The first-order valence-electron chi connectivity index (χ1n) is 13.4. The van der Waals surface area contributed by atoms with Gasteiger partial charge in [-0.05, 0) is 80.7 Å². The molecule has 1 saturated heterocycles. The highest BCUT2D eigenvalue weighted by molar-refractivity contribution is 7.11. The molecule has 0 atom stereocenters. The topological polar surface area (TPSA) is 93.6 Å². The van der Waals surface area contributed by atoms with Crippen molar-refractivity contribution < 1.29 is 24.5 Å². The molecule has 9 heteroatoms. The van der Waals surface area contributed by atoms with Gasteiger partial charge in [-0.3, -0.25) is 9.59 Å². The number of ether oxygens (including phenoxy) is 1. The van der Waals surface area contributed by atoms with E-state index >= 15 is 0 Å². The number of thiophene rings is 1. The minimum absolute atomic E-state index is 0.0114. The molecule has 0 radical (unpaired) electrons. The van der Waals surface area contributed by atoms with Crippen LogP contribution >= 0.6 is 11.3 Å². The van der Waals surface area contributed by atoms with E-state index in [1.165, 1.54) is 36.9 Å². The first kappa shape index (κ1) is 27.0. The number of hydrogen-bond acceptors (Lipinski definition) is 7. The summed E-state index contributed by atoms with van der Waals surface area (Å²) in [4.78, 5) is 34.3. The summed E-state index contributed by atoms with van der Waals surface area (Å²) in [7, 11) is 1.65. The van der Waals surface area contributed by atoms with Crippen LogP contribution in [0.5, 0.6) is 17.2 Å². The Bertz CT molecular complexity index is 1360. The second kappa shape index (κ2) is 11.7. The number of carbonyl (C=O) groups excluding carboxylic acids is 2. The fraction of sp³-hybridized carbons (Fsp3) is 0.400. The van der Waals surface area contributed by atoms with Crippen molar-refractivity contribution in [2.24, 2.45) is 0 Å². The van der Waals surface area contributed by atoms with E-state index in [0.29, 0.717) is 26.2 Å². The van der Waals surface area contributed by atoms with Gasteiger partial charge in [-0.2, -0.15) is 0 Å². The third kappa shape index (κ3) is 6.20. The number of rotatable bonds is 9. The Hall–Kier alpha value is -3.56. The zero-order valence-corrected chi connectivity index (χ0v) is 23.3. The molecule has 2 N–H and O–H groups in total. The van der Waals surface area contributed by atoms with Gasteiger partial charge in [0.2, 0.25) is 0 Å². The van der Waals surface area contributed by atoms with Crippen molar-refractivity contribution in [3.05, 3.63) is 74.5 Å². The summed E-state index contributed by atoms with van der Waals surface area (Å²) < 4.78 is 5.97. The molecular weight excluding hydrogens is 514 g/mol. The Morgan fingerprint density at radius 1 is 0.974 bits per heavy atom. The Balaban J connectivity index is 1.23. The van der Waals surface area contributed by atoms with E-state index in [4.69, 9.17) is 4.74 Å². The van der Waals surface area contributed by atoms with Crippen molar-refractivity contribution in [3.63, 3.8) is 0 Å². The Kier molecular flexibility index (Phi) is 8.09. The molecule has 2 aliphatic heterocycles. The van der Waals surface area contributed by atoms with E-state index < -0.39 is 11.8 Å². The molecule has 0 saturated carbocycles. The first-order valence-corrected chi connectivity index (χ1v) is 14.2. The maximum atomic E-state index is 13.4. The second-order valence-corrected chi connectivity index (χ2v) is 11.8. The predicted molar refractivity (Wildman–Crippen MR) is 150 cm³/mol. The van der Waals surface area contributed by atoms with Gasteiger partial charge in [-0.15, -0.1) is 11.3 Å². The molecule has 3 aromatic rings. The summed E-state index contributed by atoms with van der Waals surface area (Å²) in [6, 6.07) is 12.2. The van der Waals surface area contributed by atoms with Crippen molar-refractivity contribution in [2.45, 2.75) is 45.8 Å². The lowest BCUT2D eigenvalue weighted by Crippen LogP contribution is -2.28. The molecule has 206 valence electrons. The lowest BCUT2D eigenvalue weighted by Gasteiger charge is -2.20. The van der Waals surface area contributed by atoms with Gasteiger partial charge >= 0.3 is 0 Å². The Morgan fingerprint density at radius 2 is 1.72 bits per heavy atom. The van der Waals surface area contributed by atoms with Gasteiger partial charge in [0.1, 0.15) is 17.2 Å². The summed E-state index contributed by atoms with van der Waals surface area (Å²) in [6.45, 7) is 7.21. The van der Waals surface area contributed by atoms with Crippen LogP contribution in [-0.2, 0) is 19.6 Å². The van der Waals surface area contributed by atoms with Crippen LogP contribution in [0.1, 0.15) is 60.9 Å². The highest BCUT2D eigenvalue weighted by Crippen LogP contribution is 2.33. The van der Waals surface area contributed by atoms with E-state index in [0.717, 1.165) is 45.7 Å². The average Bonchev–Trinajstić information content (AvgIpc) is 3.67. The highest BCUT2D eigenvalue weighted by Gasteiger charge is 2.29. The second-order valence-electron chi connectivity index (χ2n) is 10.4. The molecule has 2 aliphatic rings. The maximum Gasteiger partial charge on any atom is 0.258 e. The number of hydrogen-bond donors (Lipinski definition) is 2. The molecule has 5 rings (SSSR count). The zero-order chi connectivity index (χ0) is 27.5. The standard InChI is InChI=1S/C30H35N3O5S/c1-20-6-9-24(39-20)19-31(2)29(36)25-15-26(28(35)16-27(25)34)30(37)33-17-21-7-8-23(14-22(21)18-33)38-13-5-12-32-10-3-4-11-32/h6-9,14-16,34-35H,3-5,10-13,17-19H2,1-2H3. The summed E-state index contributed by atoms with van der Waals surface area (Å²) in [6.07, 6.45) is 3.55. The van der Waals surface area contributed by atoms with E-state index in [1.54, 1.807) is 23.3 Å². The van der Waals surface area contributed by atoms with Crippen LogP contribution in [-0.4, -0.2) is 70.0 Å². The third-order valence-corrected chi connectivity index (χ3v) is 8.37. The average molecular weight is 550 g/mol. The fourth-order valence-electron chi connectivity index (χ4n) is 5.26. The zero-order valence-electron chi connectivity index (χ0n) is 22.5. The molecule has 0 unspecified atom stereocenters. The van der Waals surface area contributed by atoms with Crippen LogP contribution in [0.25, 0.3) is 0 Å². The van der Waals surface area contributed by atoms with Gasteiger partial charge in [-0.1, -0.05) is 6.07 Å². The third-order valence-electron chi connectivity index (χ3n) is 7.38. The van der Waals surface area contributed by atoms with E-state index in [9.17, 15) is 19.8 Å². The van der Waals surface area contributed by atoms with Crippen LogP contribution in [0.4, 0.5) is 0 Å². The molecule has 3 heterocycles. The van der Waals surface area contributed by atoms with Crippen LogP contribution in [0, 0.1) is 6.92 Å². The van der Waals surface area contributed by atoms with Gasteiger partial charge in [0, 0.05) is 42.5 Å². The molecule has 2 aromatic carbocycles. The van der Waals surface area contributed by atoms with Gasteiger partial charge in [0.15, 0.2) is 0 Å². The quantitative estimate of drug-likeness (QED) is 0.374. The minimum atomic E-state index is -0.427. The highest BCUT2D eigenvalue weighted by atomic mass is 32.1. The van der Waals surface area contributed by atoms with Crippen LogP contribution in [0.15, 0.2) is 42.5 Å². The van der Waals surface area contributed by atoms with E-state index in [1.807, 2.05) is 37.3 Å². The van der Waals surface area contributed by atoms with E-state index in [-0.39, 0.29) is 22.6 Å². The van der Waals surface area contributed by atoms with Crippen molar-refractivity contribution in [3.8, 4) is 17.2 Å². The van der Waals surface area contributed by atoms with Crippen molar-refractivity contribution >= 4 is 23.2 Å². The summed E-state index contributed by atoms with van der Waals surface area (Å²) in [5.41, 5.74) is 1.99. The number of carbonyl (C=O) groups is 2. The van der Waals surface area contributed by atoms with E-state index in [2.05, 4.69) is 4.90 Å². The number of fused-ring (bicyclic) bond motifs is 1. The minimum Gasteiger partial charge on any atom is -0.507 e. The number of nitrogens with zero attached hydrogens (tertiary/aromatic N) is 3. The maximum absolute atomic E-state index is 13.4. The molecule has 1 fully saturated rings. The number of aryl methyl sites for hydroxylation is 1. The Labute approximate surface area is 233 Å². The molecule has 0 bridgehead atoms.